The number of nitrogens with zero attached hydrogens (tertiary/aromatic N) is 1. The average Bonchev–Trinajstić information content (AvgIpc) is 2.48. The predicted octanol–water partition coefficient (Wildman–Crippen LogP) is 3.19. The second-order valence-corrected chi connectivity index (χ2v) is 6.59. The first-order chi connectivity index (χ1) is 9.69. The molecule has 1 atom stereocenters. The molecule has 1 saturated heterocycles. The van der Waals surface area contributed by atoms with Crippen molar-refractivity contribution in [1.82, 2.24) is 4.90 Å². The summed E-state index contributed by atoms with van der Waals surface area (Å²) in [5.41, 5.74) is 2.23. The second-order valence-electron chi connectivity index (χ2n) is 5.37. The van der Waals surface area contributed by atoms with Gasteiger partial charge in [0, 0.05) is 30.3 Å². The van der Waals surface area contributed by atoms with E-state index in [-0.39, 0.29) is 5.91 Å². The van der Waals surface area contributed by atoms with Gasteiger partial charge in [0.1, 0.15) is 0 Å². The van der Waals surface area contributed by atoms with Crippen LogP contribution >= 0.6 is 11.8 Å². The molecule has 2 rings (SSSR count). The number of nitrogens with one attached hydrogen (secondary N) is 1. The number of carbonyl (C=O) groups is 1. The van der Waals surface area contributed by atoms with Gasteiger partial charge < -0.3 is 5.32 Å². The fourth-order valence-electron chi connectivity index (χ4n) is 2.29. The van der Waals surface area contributed by atoms with Gasteiger partial charge in [0.2, 0.25) is 5.91 Å². The fourth-order valence-corrected chi connectivity index (χ4v) is 3.27. The molecule has 1 aliphatic rings. The molecule has 0 aliphatic carbocycles. The zero-order valence-corrected chi connectivity index (χ0v) is 13.2. The largest absolute Gasteiger partial charge is 0.325 e. The first-order valence-corrected chi connectivity index (χ1v) is 8.54. The van der Waals surface area contributed by atoms with Crippen LogP contribution in [0.2, 0.25) is 0 Å². The molecule has 1 aromatic rings. The molecule has 20 heavy (non-hydrogen) atoms. The molecule has 1 unspecified atom stereocenters. The Bertz CT molecular complexity index is 427. The molecule has 1 aromatic carbocycles. The Kier molecular flexibility index (Phi) is 5.92. The highest BCUT2D eigenvalue weighted by atomic mass is 32.2. The Labute approximate surface area is 126 Å². The standard InChI is InChI=1S/C16H24N2OS/c1-3-13(2)14-4-6-15(7-5-14)17-16(19)12-18-8-10-20-11-9-18/h4-7,13H,3,8-12H2,1-2H3,(H,17,19). The van der Waals surface area contributed by atoms with Crippen molar-refractivity contribution in [2.24, 2.45) is 0 Å². The molecule has 0 radical (unpaired) electrons. The summed E-state index contributed by atoms with van der Waals surface area (Å²) in [5.74, 6) is 2.94. The van der Waals surface area contributed by atoms with Crippen LogP contribution in [0.5, 0.6) is 0 Å². The smallest absolute Gasteiger partial charge is 0.238 e. The van der Waals surface area contributed by atoms with Crippen LogP contribution in [-0.4, -0.2) is 41.9 Å². The molecule has 0 spiro atoms. The van der Waals surface area contributed by atoms with Crippen molar-refractivity contribution in [1.29, 1.82) is 0 Å². The molecule has 1 amide bonds. The lowest BCUT2D eigenvalue weighted by molar-refractivity contribution is -0.117. The summed E-state index contributed by atoms with van der Waals surface area (Å²) in [6, 6.07) is 8.24. The Balaban J connectivity index is 1.84. The predicted molar refractivity (Wildman–Crippen MR) is 87.5 cm³/mol. The highest BCUT2D eigenvalue weighted by molar-refractivity contribution is 7.99. The van der Waals surface area contributed by atoms with Crippen LogP contribution < -0.4 is 5.32 Å². The van der Waals surface area contributed by atoms with E-state index in [9.17, 15) is 4.79 Å². The van der Waals surface area contributed by atoms with Gasteiger partial charge in [-0.15, -0.1) is 0 Å². The third kappa shape index (κ3) is 4.53. The third-order valence-electron chi connectivity index (χ3n) is 3.85. The minimum atomic E-state index is 0.0909. The zero-order valence-electron chi connectivity index (χ0n) is 12.4. The number of rotatable bonds is 5. The number of anilines is 1. The summed E-state index contributed by atoms with van der Waals surface area (Å²) in [6.45, 7) is 6.96. The molecule has 1 aliphatic heterocycles. The van der Waals surface area contributed by atoms with E-state index in [0.29, 0.717) is 12.5 Å². The molecular weight excluding hydrogens is 268 g/mol. The highest BCUT2D eigenvalue weighted by Gasteiger charge is 2.14. The fraction of sp³-hybridized carbons (Fsp3) is 0.562. The topological polar surface area (TPSA) is 32.3 Å². The molecule has 4 heteroatoms. The SMILES string of the molecule is CCC(C)c1ccc(NC(=O)CN2CCSCC2)cc1. The van der Waals surface area contributed by atoms with Crippen molar-refractivity contribution in [3.63, 3.8) is 0 Å². The minimum absolute atomic E-state index is 0.0909. The Hall–Kier alpha value is -1.00. The molecule has 1 N–H and O–H groups in total. The van der Waals surface area contributed by atoms with Crippen molar-refractivity contribution in [2.45, 2.75) is 26.2 Å². The van der Waals surface area contributed by atoms with Crippen LogP contribution in [0.15, 0.2) is 24.3 Å². The summed E-state index contributed by atoms with van der Waals surface area (Å²) in [6.07, 6.45) is 1.14. The van der Waals surface area contributed by atoms with Crippen LogP contribution in [0, 0.1) is 0 Å². The number of carbonyl (C=O) groups excluding carboxylic acids is 1. The highest BCUT2D eigenvalue weighted by Crippen LogP contribution is 2.20. The number of hydrogen-bond donors (Lipinski definition) is 1. The average molecular weight is 292 g/mol. The molecule has 1 heterocycles. The van der Waals surface area contributed by atoms with E-state index in [0.717, 1.165) is 36.7 Å². The van der Waals surface area contributed by atoms with Crippen LogP contribution in [0.3, 0.4) is 0 Å². The summed E-state index contributed by atoms with van der Waals surface area (Å²) in [5, 5.41) is 2.99. The van der Waals surface area contributed by atoms with Crippen molar-refractivity contribution in [2.75, 3.05) is 36.5 Å². The molecule has 0 bridgehead atoms. The normalized spacial score (nSPS) is 17.7. The van der Waals surface area contributed by atoms with Crippen LogP contribution in [0.1, 0.15) is 31.7 Å². The van der Waals surface area contributed by atoms with Crippen molar-refractivity contribution < 1.29 is 4.79 Å². The van der Waals surface area contributed by atoms with Crippen LogP contribution in [0.25, 0.3) is 0 Å². The lowest BCUT2D eigenvalue weighted by Gasteiger charge is -2.25. The van der Waals surface area contributed by atoms with Gasteiger partial charge >= 0.3 is 0 Å². The molecule has 110 valence electrons. The summed E-state index contributed by atoms with van der Waals surface area (Å²) in [4.78, 5) is 14.2. The summed E-state index contributed by atoms with van der Waals surface area (Å²) >= 11 is 1.96. The maximum absolute atomic E-state index is 12.0. The van der Waals surface area contributed by atoms with E-state index < -0.39 is 0 Å². The van der Waals surface area contributed by atoms with E-state index in [1.807, 2.05) is 23.9 Å². The van der Waals surface area contributed by atoms with Gasteiger partial charge in [-0.05, 0) is 30.0 Å². The third-order valence-corrected chi connectivity index (χ3v) is 4.79. The van der Waals surface area contributed by atoms with Gasteiger partial charge in [-0.25, -0.2) is 0 Å². The Morgan fingerprint density at radius 2 is 1.95 bits per heavy atom. The van der Waals surface area contributed by atoms with Gasteiger partial charge in [-0.3, -0.25) is 9.69 Å². The maximum atomic E-state index is 12.0. The monoisotopic (exact) mass is 292 g/mol. The molecule has 0 aromatic heterocycles. The first kappa shape index (κ1) is 15.4. The summed E-state index contributed by atoms with van der Waals surface area (Å²) < 4.78 is 0. The molecule has 1 fully saturated rings. The number of amides is 1. The van der Waals surface area contributed by atoms with Gasteiger partial charge in [-0.1, -0.05) is 26.0 Å². The Morgan fingerprint density at radius 3 is 2.55 bits per heavy atom. The number of benzene rings is 1. The van der Waals surface area contributed by atoms with Gasteiger partial charge in [0.05, 0.1) is 6.54 Å². The lowest BCUT2D eigenvalue weighted by atomic mass is 9.99. The maximum Gasteiger partial charge on any atom is 0.238 e. The summed E-state index contributed by atoms with van der Waals surface area (Å²) in [7, 11) is 0. The van der Waals surface area contributed by atoms with Gasteiger partial charge in [-0.2, -0.15) is 11.8 Å². The van der Waals surface area contributed by atoms with E-state index in [1.165, 1.54) is 5.56 Å². The molecule has 3 nitrogen and oxygen atoms in total. The quantitative estimate of drug-likeness (QED) is 0.904. The van der Waals surface area contributed by atoms with Crippen molar-refractivity contribution in [3.8, 4) is 0 Å². The minimum Gasteiger partial charge on any atom is -0.325 e. The Morgan fingerprint density at radius 1 is 1.30 bits per heavy atom. The van der Waals surface area contributed by atoms with Crippen molar-refractivity contribution in [3.05, 3.63) is 29.8 Å². The first-order valence-electron chi connectivity index (χ1n) is 7.39. The molecule has 0 saturated carbocycles. The second kappa shape index (κ2) is 7.70. The lowest BCUT2D eigenvalue weighted by Crippen LogP contribution is -2.38. The zero-order chi connectivity index (χ0) is 14.4. The van der Waals surface area contributed by atoms with Crippen LogP contribution in [-0.2, 0) is 4.79 Å². The van der Waals surface area contributed by atoms with Gasteiger partial charge in [0.25, 0.3) is 0 Å². The number of thioether (sulfide) groups is 1. The van der Waals surface area contributed by atoms with E-state index in [1.54, 1.807) is 0 Å². The van der Waals surface area contributed by atoms with Crippen LogP contribution in [0.4, 0.5) is 5.69 Å². The van der Waals surface area contributed by atoms with E-state index in [2.05, 4.69) is 36.2 Å². The van der Waals surface area contributed by atoms with E-state index in [4.69, 9.17) is 0 Å². The number of hydrogen-bond acceptors (Lipinski definition) is 3. The van der Waals surface area contributed by atoms with Gasteiger partial charge in [0.15, 0.2) is 0 Å². The molecular formula is C16H24N2OS. The van der Waals surface area contributed by atoms with Crippen molar-refractivity contribution >= 4 is 23.4 Å². The van der Waals surface area contributed by atoms with E-state index >= 15 is 0 Å².